The van der Waals surface area contributed by atoms with Crippen LogP contribution in [0.1, 0.15) is 126 Å². The summed E-state index contributed by atoms with van der Waals surface area (Å²) in [5, 5.41) is 38.7. The van der Waals surface area contributed by atoms with Crippen LogP contribution in [0.2, 0.25) is 0 Å². The normalized spacial score (nSPS) is 39.2. The molecule has 1 aliphatic carbocycles. The molecule has 2 saturated heterocycles. The number of methoxy groups -OCH3 is 3. The summed E-state index contributed by atoms with van der Waals surface area (Å²) in [6, 6.07) is -1.13. The molecule has 4 aliphatic rings. The molecule has 4 rings (SSSR count). The van der Waals surface area contributed by atoms with Crippen LogP contribution in [0.3, 0.4) is 0 Å². The Labute approximate surface area is 411 Å². The van der Waals surface area contributed by atoms with Crippen molar-refractivity contribution in [3.8, 4) is 12.3 Å². The number of fused-ring (bicyclic) bond motifs is 3. The molecular formula is C54H82N2O13. The topological polar surface area (TPSA) is 200 Å². The van der Waals surface area contributed by atoms with Crippen LogP contribution >= 0.6 is 0 Å². The van der Waals surface area contributed by atoms with E-state index in [0.29, 0.717) is 69.1 Å². The first-order chi connectivity index (χ1) is 32.8. The summed E-state index contributed by atoms with van der Waals surface area (Å²) < 4.78 is 29.8. The second-order valence-corrected chi connectivity index (χ2v) is 20.2. The van der Waals surface area contributed by atoms with Gasteiger partial charge in [0.05, 0.1) is 30.1 Å². The van der Waals surface area contributed by atoms with Crippen molar-refractivity contribution in [2.45, 2.75) is 180 Å². The van der Waals surface area contributed by atoms with Crippen LogP contribution in [0.15, 0.2) is 52.8 Å². The van der Waals surface area contributed by atoms with Crippen LogP contribution < -0.4 is 0 Å². The fourth-order valence-corrected chi connectivity index (χ4v) is 10.4. The maximum atomic E-state index is 14.6. The number of hydrogen-bond donors (Lipinski definition) is 3. The molecule has 0 aromatic carbocycles. The molecule has 2 bridgehead atoms. The van der Waals surface area contributed by atoms with E-state index < -0.39 is 83.9 Å². The number of oxime groups is 1. The Hall–Kier alpha value is -4.01. The average Bonchev–Trinajstić information content (AvgIpc) is 3.33. The van der Waals surface area contributed by atoms with Gasteiger partial charge in [-0.05, 0) is 107 Å². The number of esters is 1. The van der Waals surface area contributed by atoms with Crippen molar-refractivity contribution in [3.05, 3.63) is 47.6 Å². The third-order valence-electron chi connectivity index (χ3n) is 14.8. The largest absolute Gasteiger partial charge is 0.460 e. The third-order valence-corrected chi connectivity index (χ3v) is 14.8. The van der Waals surface area contributed by atoms with E-state index in [2.05, 4.69) is 11.1 Å². The van der Waals surface area contributed by atoms with Crippen LogP contribution in [0.25, 0.3) is 0 Å². The minimum absolute atomic E-state index is 0.0185. The quantitative estimate of drug-likeness (QED) is 0.0587. The van der Waals surface area contributed by atoms with Crippen molar-refractivity contribution in [1.82, 2.24) is 4.90 Å². The molecule has 15 atom stereocenters. The monoisotopic (exact) mass is 967 g/mol. The van der Waals surface area contributed by atoms with Gasteiger partial charge in [-0.1, -0.05) is 82.2 Å². The molecule has 69 heavy (non-hydrogen) atoms. The molecule has 15 heteroatoms. The number of rotatable bonds is 8. The molecule has 3 heterocycles. The lowest BCUT2D eigenvalue weighted by Crippen LogP contribution is -2.61. The van der Waals surface area contributed by atoms with Gasteiger partial charge in [0.25, 0.3) is 11.7 Å². The number of aliphatic hydroxyl groups is 3. The second kappa shape index (κ2) is 27.6. The number of carbonyl (C=O) groups excluding carboxylic acids is 4. The van der Waals surface area contributed by atoms with E-state index in [4.69, 9.17) is 34.9 Å². The molecule has 15 nitrogen and oxygen atoms in total. The Kier molecular flexibility index (Phi) is 23.0. The summed E-state index contributed by atoms with van der Waals surface area (Å²) in [4.78, 5) is 64.0. The van der Waals surface area contributed by atoms with Gasteiger partial charge in [-0.15, -0.1) is 6.42 Å². The Morgan fingerprint density at radius 2 is 1.65 bits per heavy atom. The molecule has 3 aliphatic heterocycles. The second-order valence-electron chi connectivity index (χ2n) is 20.2. The van der Waals surface area contributed by atoms with Gasteiger partial charge in [-0.2, -0.15) is 0 Å². The van der Waals surface area contributed by atoms with Gasteiger partial charge >= 0.3 is 5.97 Å². The molecule has 3 fully saturated rings. The third kappa shape index (κ3) is 15.7. The predicted molar refractivity (Wildman–Crippen MR) is 262 cm³/mol. The SMILES string of the molecule is C#CCON=C1C[C@@H]([C@H](C)C[C@@H]2CC[C@@H](O)[C@H](OC)C2)OC(=O)[C@@H]2CCCCN2C(=O)C(=O)[C@]2(O)O[C@@H](CC[C@H]2C)C[C@H](OC)/C(C)=C/C=C/C=C/[C@@H](C)C[C@@H](C)C(=O)[C@H](OC)[C@H](O)/C(C)=C/[C@H]1C. The zero-order chi connectivity index (χ0) is 51.0. The van der Waals surface area contributed by atoms with Gasteiger partial charge in [0.2, 0.25) is 5.79 Å². The molecule has 1 saturated carbocycles. The molecule has 0 aromatic rings. The van der Waals surface area contributed by atoms with Gasteiger partial charge in [-0.3, -0.25) is 14.4 Å². The lowest BCUT2D eigenvalue weighted by atomic mass is 9.78. The Morgan fingerprint density at radius 3 is 2.33 bits per heavy atom. The molecule has 0 unspecified atom stereocenters. The molecule has 0 radical (unpaired) electrons. The number of ether oxygens (including phenoxy) is 5. The number of Topliss-reactive ketones (excluding diaryl/α,β-unsaturated/α-hetero) is 2. The van der Waals surface area contributed by atoms with Crippen LogP contribution in [0, 0.1) is 47.9 Å². The zero-order valence-corrected chi connectivity index (χ0v) is 42.8. The smallest absolute Gasteiger partial charge is 0.329 e. The van der Waals surface area contributed by atoms with Gasteiger partial charge in [0.15, 0.2) is 12.4 Å². The first kappa shape index (κ1) is 57.6. The highest BCUT2D eigenvalue weighted by Gasteiger charge is 2.53. The van der Waals surface area contributed by atoms with Crippen molar-refractivity contribution in [2.24, 2.45) is 40.7 Å². The van der Waals surface area contributed by atoms with Crippen molar-refractivity contribution < 1.29 is 63.0 Å². The highest BCUT2D eigenvalue weighted by atomic mass is 16.6. The molecular weight excluding hydrogens is 885 g/mol. The van der Waals surface area contributed by atoms with Crippen molar-refractivity contribution in [2.75, 3.05) is 34.5 Å². The number of amides is 1. The van der Waals surface area contributed by atoms with Gasteiger partial charge in [0.1, 0.15) is 24.4 Å². The standard InChI is InChI=1S/C54H82N2O13/c1-12-26-67-55-42-32-46(36(5)29-40-22-24-44(57)47(30-40)65-10)68-53(62)43-20-16-17-25-56(43)52(61)51(60)54(63)39(8)21-23-41(69-54)31-45(64-9)34(3)19-15-13-14-18-33(2)27-37(6)48(58)50(66-11)49(59)38(7)28-35(42)4/h1,13-15,18-19,28,33,35-37,39-41,43-47,49-50,57,59,63H,16-17,20-27,29-32H2,2-11H3/b15-13+,18-14+,34-19+,38-28+,55-42?/t33-,35-,36-,37-,39-,40+,41+,43+,44-,45+,46+,47-,49-,50+,54-/m1/s1. The summed E-state index contributed by atoms with van der Waals surface area (Å²) in [5.41, 5.74) is 1.78. The maximum Gasteiger partial charge on any atom is 0.329 e. The van der Waals surface area contributed by atoms with Crippen LogP contribution in [-0.2, 0) is 47.7 Å². The number of carbonyl (C=O) groups is 4. The van der Waals surface area contributed by atoms with Gasteiger partial charge < -0.3 is 48.7 Å². The van der Waals surface area contributed by atoms with Crippen molar-refractivity contribution in [1.29, 1.82) is 0 Å². The van der Waals surface area contributed by atoms with E-state index in [1.165, 1.54) is 12.0 Å². The number of ketones is 2. The van der Waals surface area contributed by atoms with Crippen molar-refractivity contribution in [3.63, 3.8) is 0 Å². The van der Waals surface area contributed by atoms with E-state index in [-0.39, 0.29) is 55.6 Å². The molecule has 386 valence electrons. The first-order valence-electron chi connectivity index (χ1n) is 25.1. The Morgan fingerprint density at radius 1 is 0.913 bits per heavy atom. The predicted octanol–water partition coefficient (Wildman–Crippen LogP) is 6.62. The highest BCUT2D eigenvalue weighted by molar-refractivity contribution is 6.39. The van der Waals surface area contributed by atoms with Crippen LogP contribution in [-0.4, -0.2) is 138 Å². The van der Waals surface area contributed by atoms with Gasteiger partial charge in [0, 0.05) is 58.5 Å². The van der Waals surface area contributed by atoms with Crippen molar-refractivity contribution >= 4 is 29.2 Å². The number of hydrogen-bond acceptors (Lipinski definition) is 14. The Bertz CT molecular complexity index is 1920. The van der Waals surface area contributed by atoms with E-state index in [0.717, 1.165) is 12.0 Å². The molecule has 0 spiro atoms. The van der Waals surface area contributed by atoms with Crippen LogP contribution in [0.4, 0.5) is 0 Å². The first-order valence-corrected chi connectivity index (χ1v) is 25.1. The molecule has 1 amide bonds. The van der Waals surface area contributed by atoms with Gasteiger partial charge in [-0.25, -0.2) is 4.79 Å². The average molecular weight is 967 g/mol. The van der Waals surface area contributed by atoms with E-state index in [1.54, 1.807) is 34.1 Å². The summed E-state index contributed by atoms with van der Waals surface area (Å²) in [5.74, 6) is -4.92. The van der Waals surface area contributed by atoms with Crippen LogP contribution in [0.5, 0.6) is 0 Å². The summed E-state index contributed by atoms with van der Waals surface area (Å²) in [6.07, 6.45) is 17.4. The number of nitrogens with zero attached hydrogens (tertiary/aromatic N) is 2. The zero-order valence-electron chi connectivity index (χ0n) is 42.8. The summed E-state index contributed by atoms with van der Waals surface area (Å²) in [6.45, 7) is 12.9. The van der Waals surface area contributed by atoms with E-state index in [9.17, 15) is 34.5 Å². The minimum Gasteiger partial charge on any atom is -0.460 e. The van der Waals surface area contributed by atoms with E-state index >= 15 is 0 Å². The molecule has 3 N–H and O–H groups in total. The Balaban J connectivity index is 1.78. The fraction of sp³-hybridized carbons (Fsp3) is 0.722. The van der Waals surface area contributed by atoms with E-state index in [1.807, 2.05) is 65.0 Å². The number of aliphatic hydroxyl groups excluding tert-OH is 2. The lowest BCUT2D eigenvalue weighted by molar-refractivity contribution is -0.265. The lowest BCUT2D eigenvalue weighted by Gasteiger charge is -2.42. The number of piperidine rings is 1. The number of terminal acetylenes is 1. The minimum atomic E-state index is -2.43. The number of allylic oxidation sites excluding steroid dienone is 6. The highest BCUT2D eigenvalue weighted by Crippen LogP contribution is 2.38. The maximum absolute atomic E-state index is 14.6. The summed E-state index contributed by atoms with van der Waals surface area (Å²) in [7, 11) is 4.56. The summed E-state index contributed by atoms with van der Waals surface area (Å²) >= 11 is 0. The molecule has 0 aromatic heterocycles. The number of cyclic esters (lactones) is 1. The fourth-order valence-electron chi connectivity index (χ4n) is 10.4.